The van der Waals surface area contributed by atoms with Gasteiger partial charge in [0.1, 0.15) is 15.4 Å². The highest BCUT2D eigenvalue weighted by Crippen LogP contribution is 2.47. The first-order chi connectivity index (χ1) is 12.8. The number of hydrogen-bond acceptors (Lipinski definition) is 4. The summed E-state index contributed by atoms with van der Waals surface area (Å²) in [5, 5.41) is 3.93. The minimum absolute atomic E-state index is 0.205. The average molecular weight is 408 g/mol. The zero-order valence-electron chi connectivity index (χ0n) is 14.4. The number of nitrogens with two attached hydrogens (primary N) is 1. The maximum atomic E-state index is 13.2. The van der Waals surface area contributed by atoms with Crippen LogP contribution in [-0.2, 0) is 0 Å². The fraction of sp³-hybridized carbons (Fsp3) is 0.263. The van der Waals surface area contributed by atoms with E-state index in [1.165, 1.54) is 6.07 Å². The number of thiophene rings is 1. The Morgan fingerprint density at radius 2 is 2.11 bits per heavy atom. The van der Waals surface area contributed by atoms with Crippen LogP contribution >= 0.6 is 22.9 Å². The van der Waals surface area contributed by atoms with E-state index in [-0.39, 0.29) is 16.5 Å². The molecule has 3 aromatic rings. The molecule has 0 spiro atoms. The van der Waals surface area contributed by atoms with Crippen LogP contribution in [-0.4, -0.2) is 10.9 Å². The number of nitrogens with zero attached hydrogens (tertiary/aromatic N) is 1. The van der Waals surface area contributed by atoms with Crippen molar-refractivity contribution in [2.75, 3.05) is 11.1 Å². The smallest absolute Gasteiger partial charge is 0.280 e. The molecule has 1 amide bonds. The Morgan fingerprint density at radius 1 is 1.37 bits per heavy atom. The summed E-state index contributed by atoms with van der Waals surface area (Å²) in [6.07, 6.45) is -0.803. The number of nitrogen functional groups attached to an aromatic ring is 1. The molecule has 1 saturated carbocycles. The largest absolute Gasteiger partial charge is 0.397 e. The number of halogens is 3. The number of carbonyl (C=O) groups is 1. The molecule has 2 heterocycles. The molecular formula is C19H16ClF2N3OS. The number of fused-ring (bicyclic) bond motifs is 1. The molecule has 0 saturated heterocycles. The third-order valence-corrected chi connectivity index (χ3v) is 5.98. The molecule has 0 unspecified atom stereocenters. The van der Waals surface area contributed by atoms with Crippen LogP contribution in [0.5, 0.6) is 0 Å². The molecule has 1 aliphatic rings. The van der Waals surface area contributed by atoms with Gasteiger partial charge < -0.3 is 11.1 Å². The predicted molar refractivity (Wildman–Crippen MR) is 105 cm³/mol. The lowest BCUT2D eigenvalue weighted by Gasteiger charge is -2.08. The Morgan fingerprint density at radius 3 is 2.78 bits per heavy atom. The van der Waals surface area contributed by atoms with Gasteiger partial charge in [-0.3, -0.25) is 4.79 Å². The Bertz CT molecular complexity index is 1060. The summed E-state index contributed by atoms with van der Waals surface area (Å²) in [5.74, 6) is -0.197. The predicted octanol–water partition coefficient (Wildman–Crippen LogP) is 5.91. The van der Waals surface area contributed by atoms with Crippen molar-refractivity contribution in [3.63, 3.8) is 0 Å². The number of amides is 1. The second-order valence-electron chi connectivity index (χ2n) is 6.65. The van der Waals surface area contributed by atoms with Gasteiger partial charge in [0.2, 0.25) is 0 Å². The maximum Gasteiger partial charge on any atom is 0.280 e. The second kappa shape index (κ2) is 6.73. The topological polar surface area (TPSA) is 68.0 Å². The summed E-state index contributed by atoms with van der Waals surface area (Å²) < 4.78 is 26.4. The van der Waals surface area contributed by atoms with Gasteiger partial charge in [0.25, 0.3) is 12.3 Å². The van der Waals surface area contributed by atoms with Gasteiger partial charge in [-0.1, -0.05) is 17.7 Å². The third-order valence-electron chi connectivity index (χ3n) is 4.64. The Kier molecular flexibility index (Phi) is 4.52. The molecule has 140 valence electrons. The molecule has 0 radical (unpaired) electrons. The number of alkyl halides is 2. The number of pyridine rings is 1. The number of rotatable bonds is 4. The summed E-state index contributed by atoms with van der Waals surface area (Å²) in [7, 11) is 0. The highest BCUT2D eigenvalue weighted by Gasteiger charge is 2.31. The summed E-state index contributed by atoms with van der Waals surface area (Å²) in [4.78, 5) is 17.5. The molecule has 4 nitrogen and oxygen atoms in total. The number of carbonyl (C=O) groups excluding carboxylic acids is 1. The van der Waals surface area contributed by atoms with E-state index in [0.717, 1.165) is 35.3 Å². The molecule has 8 heteroatoms. The zero-order valence-corrected chi connectivity index (χ0v) is 15.9. The lowest BCUT2D eigenvalue weighted by molar-refractivity contribution is 0.103. The SMILES string of the molecule is Cc1ccc(Cl)cc1NC(=O)c1sc2nc(C(F)F)cc(C3CC3)c2c1N. The Labute approximate surface area is 163 Å². The van der Waals surface area contributed by atoms with Crippen molar-refractivity contribution in [1.29, 1.82) is 0 Å². The fourth-order valence-corrected chi connectivity index (χ4v) is 4.28. The molecule has 0 aliphatic heterocycles. The van der Waals surface area contributed by atoms with Gasteiger partial charge in [-0.2, -0.15) is 0 Å². The van der Waals surface area contributed by atoms with Gasteiger partial charge in [-0.05, 0) is 55.0 Å². The van der Waals surface area contributed by atoms with E-state index in [1.54, 1.807) is 18.2 Å². The lowest BCUT2D eigenvalue weighted by Crippen LogP contribution is -2.12. The van der Waals surface area contributed by atoms with Crippen molar-refractivity contribution in [3.8, 4) is 0 Å². The molecule has 1 aliphatic carbocycles. The number of hydrogen-bond donors (Lipinski definition) is 2. The van der Waals surface area contributed by atoms with Crippen molar-refractivity contribution < 1.29 is 13.6 Å². The average Bonchev–Trinajstić information content (AvgIpc) is 3.41. The Hall–Kier alpha value is -2.25. The van der Waals surface area contributed by atoms with Crippen molar-refractivity contribution in [3.05, 3.63) is 51.0 Å². The van der Waals surface area contributed by atoms with Crippen LogP contribution in [0.1, 0.15) is 51.7 Å². The summed E-state index contributed by atoms with van der Waals surface area (Å²) in [6.45, 7) is 1.85. The molecule has 27 heavy (non-hydrogen) atoms. The molecule has 3 N–H and O–H groups in total. The number of nitrogens with one attached hydrogen (secondary N) is 1. The summed E-state index contributed by atoms with van der Waals surface area (Å²) in [6, 6.07) is 6.61. The number of anilines is 2. The van der Waals surface area contributed by atoms with E-state index in [4.69, 9.17) is 17.3 Å². The minimum atomic E-state index is -2.67. The van der Waals surface area contributed by atoms with Gasteiger partial charge in [0.15, 0.2) is 0 Å². The van der Waals surface area contributed by atoms with E-state index in [9.17, 15) is 13.6 Å². The highest BCUT2D eigenvalue weighted by molar-refractivity contribution is 7.21. The molecule has 4 rings (SSSR count). The fourth-order valence-electron chi connectivity index (χ4n) is 3.07. The quantitative estimate of drug-likeness (QED) is 0.565. The maximum absolute atomic E-state index is 13.2. The van der Waals surface area contributed by atoms with Gasteiger partial charge in [0, 0.05) is 16.1 Å². The number of benzene rings is 1. The minimum Gasteiger partial charge on any atom is -0.397 e. The van der Waals surface area contributed by atoms with E-state index < -0.39 is 12.3 Å². The van der Waals surface area contributed by atoms with Crippen LogP contribution in [0.3, 0.4) is 0 Å². The molecule has 2 aromatic heterocycles. The van der Waals surface area contributed by atoms with Crippen molar-refractivity contribution in [2.24, 2.45) is 0 Å². The second-order valence-corrected chi connectivity index (χ2v) is 8.09. The van der Waals surface area contributed by atoms with Gasteiger partial charge in [-0.25, -0.2) is 13.8 Å². The summed E-state index contributed by atoms with van der Waals surface area (Å²) in [5.41, 5.74) is 8.46. The normalized spacial score (nSPS) is 14.1. The van der Waals surface area contributed by atoms with Gasteiger partial charge in [0.05, 0.1) is 5.69 Å². The number of aryl methyl sites for hydroxylation is 1. The molecule has 1 aromatic carbocycles. The molecule has 0 bridgehead atoms. The van der Waals surface area contributed by atoms with Crippen LogP contribution in [0.2, 0.25) is 5.02 Å². The van der Waals surface area contributed by atoms with Crippen molar-refractivity contribution >= 4 is 50.4 Å². The molecular weight excluding hydrogens is 392 g/mol. The standard InChI is InChI=1S/C19H16ClF2N3OS/c1-8-2-5-10(20)6-12(8)24-18(26)16-15(23)14-11(9-3-4-9)7-13(17(21)22)25-19(14)27-16/h2,5-7,9,17H,3-4,23H2,1H3,(H,24,26). The molecule has 0 atom stereocenters. The van der Waals surface area contributed by atoms with Crippen LogP contribution < -0.4 is 11.1 Å². The van der Waals surface area contributed by atoms with Crippen LogP contribution in [0.25, 0.3) is 10.2 Å². The van der Waals surface area contributed by atoms with Crippen molar-refractivity contribution in [2.45, 2.75) is 32.1 Å². The van der Waals surface area contributed by atoms with Gasteiger partial charge in [-0.15, -0.1) is 11.3 Å². The van der Waals surface area contributed by atoms with Crippen molar-refractivity contribution in [1.82, 2.24) is 4.98 Å². The lowest BCUT2D eigenvalue weighted by atomic mass is 10.1. The first-order valence-corrected chi connectivity index (χ1v) is 9.63. The van der Waals surface area contributed by atoms with Gasteiger partial charge >= 0.3 is 0 Å². The van der Waals surface area contributed by atoms with E-state index >= 15 is 0 Å². The first kappa shape index (κ1) is 18.1. The van der Waals surface area contributed by atoms with Crippen LogP contribution in [0.15, 0.2) is 24.3 Å². The van der Waals surface area contributed by atoms with E-state index in [0.29, 0.717) is 26.6 Å². The summed E-state index contributed by atoms with van der Waals surface area (Å²) >= 11 is 7.03. The van der Waals surface area contributed by atoms with Crippen LogP contribution in [0.4, 0.5) is 20.2 Å². The van der Waals surface area contributed by atoms with Crippen LogP contribution in [0, 0.1) is 6.92 Å². The zero-order chi connectivity index (χ0) is 19.3. The first-order valence-electron chi connectivity index (χ1n) is 8.43. The van der Waals surface area contributed by atoms with E-state index in [1.807, 2.05) is 6.92 Å². The van der Waals surface area contributed by atoms with E-state index in [2.05, 4.69) is 10.3 Å². The number of aromatic nitrogens is 1. The Balaban J connectivity index is 1.78. The monoisotopic (exact) mass is 407 g/mol. The third kappa shape index (κ3) is 3.37. The molecule has 1 fully saturated rings. The highest BCUT2D eigenvalue weighted by atomic mass is 35.5.